The summed E-state index contributed by atoms with van der Waals surface area (Å²) in [5, 5.41) is 3.95. The van der Waals surface area contributed by atoms with E-state index in [0.29, 0.717) is 17.1 Å². The predicted molar refractivity (Wildman–Crippen MR) is 85.8 cm³/mol. The van der Waals surface area contributed by atoms with Gasteiger partial charge in [-0.3, -0.25) is 4.79 Å². The maximum absolute atomic E-state index is 12.0. The Morgan fingerprint density at radius 3 is 2.36 bits per heavy atom. The summed E-state index contributed by atoms with van der Waals surface area (Å²) in [5.41, 5.74) is 5.02. The third kappa shape index (κ3) is 3.85. The molecule has 0 saturated heterocycles. The average molecular weight is 298 g/mol. The van der Waals surface area contributed by atoms with E-state index in [1.165, 1.54) is 12.7 Å². The van der Waals surface area contributed by atoms with Gasteiger partial charge in [-0.05, 0) is 30.7 Å². The number of hydrogen-bond donors (Lipinski definition) is 1. The molecule has 2 aromatic rings. The summed E-state index contributed by atoms with van der Waals surface area (Å²) in [5.74, 6) is 0.754. The molecule has 0 unspecified atom stereocenters. The first-order valence-electron chi connectivity index (χ1n) is 6.76. The first-order chi connectivity index (χ1) is 10.6. The number of methoxy groups -OCH3 is 2. The van der Waals surface area contributed by atoms with E-state index in [9.17, 15) is 4.79 Å². The van der Waals surface area contributed by atoms with Crippen molar-refractivity contribution in [2.45, 2.75) is 6.92 Å². The number of carbonyl (C=O) groups is 1. The highest BCUT2D eigenvalue weighted by Crippen LogP contribution is 2.27. The van der Waals surface area contributed by atoms with Gasteiger partial charge in [0, 0.05) is 5.56 Å². The number of ether oxygens (including phenoxy) is 2. The summed E-state index contributed by atoms with van der Waals surface area (Å²) in [7, 11) is 3.07. The predicted octanol–water partition coefficient (Wildman–Crippen LogP) is 2.78. The van der Waals surface area contributed by atoms with Crippen LogP contribution in [0.4, 0.5) is 0 Å². The lowest BCUT2D eigenvalue weighted by Gasteiger charge is -2.08. The van der Waals surface area contributed by atoms with E-state index in [2.05, 4.69) is 10.5 Å². The first-order valence-corrected chi connectivity index (χ1v) is 6.76. The second kappa shape index (κ2) is 7.26. The summed E-state index contributed by atoms with van der Waals surface area (Å²) < 4.78 is 10.3. The minimum absolute atomic E-state index is 0.315. The van der Waals surface area contributed by atoms with Crippen molar-refractivity contribution in [1.29, 1.82) is 0 Å². The quantitative estimate of drug-likeness (QED) is 0.682. The molecule has 0 aliphatic rings. The Kier molecular flexibility index (Phi) is 5.14. The molecule has 114 valence electrons. The molecule has 0 saturated carbocycles. The van der Waals surface area contributed by atoms with E-state index in [-0.39, 0.29) is 5.91 Å². The molecule has 0 fully saturated rings. The van der Waals surface area contributed by atoms with Crippen LogP contribution >= 0.6 is 0 Å². The molecule has 5 heteroatoms. The van der Waals surface area contributed by atoms with Gasteiger partial charge in [0.05, 0.1) is 20.4 Å². The highest BCUT2D eigenvalue weighted by atomic mass is 16.5. The van der Waals surface area contributed by atoms with Crippen molar-refractivity contribution in [3.63, 3.8) is 0 Å². The fourth-order valence-electron chi connectivity index (χ4n) is 1.86. The summed E-state index contributed by atoms with van der Waals surface area (Å²) in [6, 6.07) is 12.8. The standard InChI is InChI=1S/C17H18N2O3/c1-12-4-6-13(7-5-12)11-18-19-17(20)14-8-9-15(21-2)16(10-14)22-3/h4-11H,1-3H3,(H,19,20)/b18-11-. The van der Waals surface area contributed by atoms with E-state index in [1.54, 1.807) is 31.5 Å². The van der Waals surface area contributed by atoms with Crippen LogP contribution in [0, 0.1) is 6.92 Å². The minimum Gasteiger partial charge on any atom is -0.493 e. The molecule has 5 nitrogen and oxygen atoms in total. The van der Waals surface area contributed by atoms with Crippen LogP contribution in [-0.2, 0) is 0 Å². The summed E-state index contributed by atoms with van der Waals surface area (Å²) >= 11 is 0. The van der Waals surface area contributed by atoms with Crippen LogP contribution in [0.2, 0.25) is 0 Å². The Morgan fingerprint density at radius 1 is 1.05 bits per heavy atom. The molecule has 0 bridgehead atoms. The Bertz CT molecular complexity index is 679. The van der Waals surface area contributed by atoms with E-state index < -0.39 is 0 Å². The van der Waals surface area contributed by atoms with Crippen molar-refractivity contribution >= 4 is 12.1 Å². The lowest BCUT2D eigenvalue weighted by molar-refractivity contribution is 0.0954. The van der Waals surface area contributed by atoms with Crippen molar-refractivity contribution in [3.05, 3.63) is 59.2 Å². The van der Waals surface area contributed by atoms with Crippen molar-refractivity contribution in [2.75, 3.05) is 14.2 Å². The molecular formula is C17H18N2O3. The van der Waals surface area contributed by atoms with Crippen LogP contribution in [0.5, 0.6) is 11.5 Å². The fraction of sp³-hybridized carbons (Fsp3) is 0.176. The van der Waals surface area contributed by atoms with Crippen LogP contribution in [0.15, 0.2) is 47.6 Å². The van der Waals surface area contributed by atoms with Crippen molar-refractivity contribution in [1.82, 2.24) is 5.43 Å². The number of hydrazone groups is 1. The zero-order chi connectivity index (χ0) is 15.9. The topological polar surface area (TPSA) is 59.9 Å². The van der Waals surface area contributed by atoms with Gasteiger partial charge in [0.25, 0.3) is 5.91 Å². The van der Waals surface area contributed by atoms with Gasteiger partial charge in [-0.25, -0.2) is 5.43 Å². The molecule has 0 spiro atoms. The Labute approximate surface area is 129 Å². The van der Waals surface area contributed by atoms with Crippen LogP contribution in [-0.4, -0.2) is 26.3 Å². The van der Waals surface area contributed by atoms with Gasteiger partial charge in [0.2, 0.25) is 0 Å². The zero-order valence-electron chi connectivity index (χ0n) is 12.8. The third-order valence-electron chi connectivity index (χ3n) is 3.10. The van der Waals surface area contributed by atoms with E-state index in [0.717, 1.165) is 5.56 Å². The number of rotatable bonds is 5. The number of aryl methyl sites for hydroxylation is 1. The molecule has 2 rings (SSSR count). The van der Waals surface area contributed by atoms with Crippen molar-refractivity contribution in [3.8, 4) is 11.5 Å². The Morgan fingerprint density at radius 2 is 1.73 bits per heavy atom. The number of nitrogens with one attached hydrogen (secondary N) is 1. The second-order valence-corrected chi connectivity index (χ2v) is 4.68. The largest absolute Gasteiger partial charge is 0.493 e. The minimum atomic E-state index is -0.315. The number of amides is 1. The molecule has 0 aliphatic heterocycles. The molecule has 1 N–H and O–H groups in total. The van der Waals surface area contributed by atoms with Crippen molar-refractivity contribution < 1.29 is 14.3 Å². The number of benzene rings is 2. The van der Waals surface area contributed by atoms with Gasteiger partial charge in [-0.15, -0.1) is 0 Å². The molecular weight excluding hydrogens is 280 g/mol. The van der Waals surface area contributed by atoms with Crippen LogP contribution in [0.3, 0.4) is 0 Å². The SMILES string of the molecule is COc1ccc(C(=O)N/N=C\c2ccc(C)cc2)cc1OC. The highest BCUT2D eigenvalue weighted by molar-refractivity contribution is 5.95. The second-order valence-electron chi connectivity index (χ2n) is 4.68. The van der Waals surface area contributed by atoms with Gasteiger partial charge in [-0.1, -0.05) is 29.8 Å². The lowest BCUT2D eigenvalue weighted by Crippen LogP contribution is -2.17. The maximum Gasteiger partial charge on any atom is 0.271 e. The molecule has 2 aromatic carbocycles. The summed E-state index contributed by atoms with van der Waals surface area (Å²) in [6.45, 7) is 2.01. The molecule has 0 atom stereocenters. The average Bonchev–Trinajstić information content (AvgIpc) is 2.55. The first kappa shape index (κ1) is 15.6. The van der Waals surface area contributed by atoms with E-state index in [1.807, 2.05) is 31.2 Å². The van der Waals surface area contributed by atoms with Gasteiger partial charge in [-0.2, -0.15) is 5.10 Å². The summed E-state index contributed by atoms with van der Waals surface area (Å²) in [4.78, 5) is 12.0. The zero-order valence-corrected chi connectivity index (χ0v) is 12.8. The van der Waals surface area contributed by atoms with Crippen LogP contribution in [0.25, 0.3) is 0 Å². The van der Waals surface area contributed by atoms with E-state index in [4.69, 9.17) is 9.47 Å². The molecule has 0 heterocycles. The number of hydrogen-bond acceptors (Lipinski definition) is 4. The van der Waals surface area contributed by atoms with Crippen LogP contribution < -0.4 is 14.9 Å². The van der Waals surface area contributed by atoms with E-state index >= 15 is 0 Å². The van der Waals surface area contributed by atoms with Gasteiger partial charge >= 0.3 is 0 Å². The number of nitrogens with zero attached hydrogens (tertiary/aromatic N) is 1. The highest BCUT2D eigenvalue weighted by Gasteiger charge is 2.09. The molecule has 0 aromatic heterocycles. The van der Waals surface area contributed by atoms with Crippen molar-refractivity contribution in [2.24, 2.45) is 5.10 Å². The normalized spacial score (nSPS) is 10.5. The van der Waals surface area contributed by atoms with Gasteiger partial charge in [0.15, 0.2) is 11.5 Å². The number of carbonyl (C=O) groups excluding carboxylic acids is 1. The lowest BCUT2D eigenvalue weighted by atomic mass is 10.2. The molecule has 22 heavy (non-hydrogen) atoms. The summed E-state index contributed by atoms with van der Waals surface area (Å²) in [6.07, 6.45) is 1.60. The molecule has 0 radical (unpaired) electrons. The fourth-order valence-corrected chi connectivity index (χ4v) is 1.86. The monoisotopic (exact) mass is 298 g/mol. The van der Waals surface area contributed by atoms with Gasteiger partial charge in [0.1, 0.15) is 0 Å². The molecule has 0 aliphatic carbocycles. The Balaban J connectivity index is 2.04. The smallest absolute Gasteiger partial charge is 0.271 e. The third-order valence-corrected chi connectivity index (χ3v) is 3.10. The van der Waals surface area contributed by atoms with Gasteiger partial charge < -0.3 is 9.47 Å². The maximum atomic E-state index is 12.0. The Hall–Kier alpha value is -2.82. The molecule has 1 amide bonds. The van der Waals surface area contributed by atoms with Crippen LogP contribution in [0.1, 0.15) is 21.5 Å².